The van der Waals surface area contributed by atoms with E-state index in [0.29, 0.717) is 0 Å². The Balaban J connectivity index is 3.64. The molecule has 0 atom stereocenters. The molecule has 15 heavy (non-hydrogen) atoms. The van der Waals surface area contributed by atoms with Gasteiger partial charge in [0.2, 0.25) is 0 Å². The molecular weight excluding hydrogens is 198 g/mol. The van der Waals surface area contributed by atoms with E-state index in [1.165, 1.54) is 38.0 Å². The summed E-state index contributed by atoms with van der Waals surface area (Å²) >= 11 is 0. The number of rotatable bonds is 8. The normalized spacial score (nSPS) is 12.9. The van der Waals surface area contributed by atoms with Crippen LogP contribution in [0.2, 0.25) is 25.2 Å². The van der Waals surface area contributed by atoms with Crippen molar-refractivity contribution in [3.05, 3.63) is 12.2 Å². The van der Waals surface area contributed by atoms with Crippen LogP contribution in [0.4, 0.5) is 0 Å². The second-order valence-electron chi connectivity index (χ2n) is 5.34. The molecule has 0 amide bonds. The minimum Gasteiger partial charge on any atom is -0.306 e. The molecule has 0 aromatic rings. The van der Waals surface area contributed by atoms with Crippen molar-refractivity contribution in [2.45, 2.75) is 51.9 Å². The average Bonchev–Trinajstić information content (AvgIpc) is 2.15. The van der Waals surface area contributed by atoms with E-state index in [4.69, 9.17) is 0 Å². The molecule has 0 spiro atoms. The molecule has 0 aliphatic rings. The molecule has 90 valence electrons. The zero-order valence-electron chi connectivity index (χ0n) is 11.3. The molecule has 0 rings (SSSR count). The van der Waals surface area contributed by atoms with Gasteiger partial charge in [-0.1, -0.05) is 38.2 Å². The lowest BCUT2D eigenvalue weighted by atomic mass is 10.4. The fourth-order valence-corrected chi connectivity index (χ4v) is 4.05. The van der Waals surface area contributed by atoms with Gasteiger partial charge in [0.1, 0.15) is 0 Å². The molecule has 0 N–H and O–H groups in total. The topological polar surface area (TPSA) is 3.24 Å². The zero-order valence-corrected chi connectivity index (χ0v) is 12.3. The van der Waals surface area contributed by atoms with E-state index in [1.54, 1.807) is 0 Å². The highest BCUT2D eigenvalue weighted by molar-refractivity contribution is 6.77. The molecule has 0 aliphatic heterocycles. The van der Waals surface area contributed by atoms with Gasteiger partial charge in [0.15, 0.2) is 0 Å². The average molecular weight is 227 g/mol. The predicted molar refractivity (Wildman–Crippen MR) is 74.3 cm³/mol. The van der Waals surface area contributed by atoms with Crippen LogP contribution >= 0.6 is 0 Å². The van der Waals surface area contributed by atoms with Crippen LogP contribution in [0.1, 0.15) is 26.7 Å². The summed E-state index contributed by atoms with van der Waals surface area (Å²) in [6, 6.07) is 2.81. The Morgan fingerprint density at radius 3 is 2.40 bits per heavy atom. The van der Waals surface area contributed by atoms with Crippen molar-refractivity contribution in [1.82, 2.24) is 4.90 Å². The van der Waals surface area contributed by atoms with Crippen molar-refractivity contribution >= 4 is 8.07 Å². The van der Waals surface area contributed by atoms with Crippen LogP contribution in [0.15, 0.2) is 12.2 Å². The van der Waals surface area contributed by atoms with Gasteiger partial charge in [-0.25, -0.2) is 0 Å². The first-order valence-electron chi connectivity index (χ1n) is 6.31. The van der Waals surface area contributed by atoms with Gasteiger partial charge in [-0.15, -0.1) is 0 Å². The quantitative estimate of drug-likeness (QED) is 0.447. The largest absolute Gasteiger partial charge is 0.306 e. The summed E-state index contributed by atoms with van der Waals surface area (Å²) in [6.45, 7) is 11.9. The molecule has 0 unspecified atom stereocenters. The van der Waals surface area contributed by atoms with Crippen molar-refractivity contribution in [2.75, 3.05) is 20.1 Å². The summed E-state index contributed by atoms with van der Waals surface area (Å²) in [5, 5.41) is 0. The van der Waals surface area contributed by atoms with E-state index in [9.17, 15) is 0 Å². The highest BCUT2D eigenvalue weighted by Gasteiger charge is 2.17. The van der Waals surface area contributed by atoms with Crippen LogP contribution in [0.25, 0.3) is 0 Å². The van der Waals surface area contributed by atoms with Gasteiger partial charge in [-0.3, -0.25) is 0 Å². The molecule has 0 aliphatic carbocycles. The number of hydrogen-bond donors (Lipinski definition) is 0. The summed E-state index contributed by atoms with van der Waals surface area (Å²) in [6.07, 6.45) is 7.20. The molecule has 0 bridgehead atoms. The summed E-state index contributed by atoms with van der Waals surface area (Å²) in [4.78, 5) is 2.46. The highest BCUT2D eigenvalue weighted by Crippen LogP contribution is 2.18. The van der Waals surface area contributed by atoms with E-state index in [-0.39, 0.29) is 0 Å². The van der Waals surface area contributed by atoms with Crippen LogP contribution in [0, 0.1) is 0 Å². The third-order valence-electron chi connectivity index (χ3n) is 2.90. The van der Waals surface area contributed by atoms with E-state index < -0.39 is 8.07 Å². The van der Waals surface area contributed by atoms with E-state index in [2.05, 4.69) is 51.0 Å². The Hall–Kier alpha value is -0.0831. The van der Waals surface area contributed by atoms with Crippen LogP contribution in [0.5, 0.6) is 0 Å². The number of hydrogen-bond acceptors (Lipinski definition) is 1. The Kier molecular flexibility index (Phi) is 8.07. The first-order chi connectivity index (χ1) is 7.02. The number of nitrogens with zero attached hydrogens (tertiary/aromatic N) is 1. The van der Waals surface area contributed by atoms with Crippen molar-refractivity contribution in [2.24, 2.45) is 0 Å². The highest BCUT2D eigenvalue weighted by atomic mass is 28.3. The predicted octanol–water partition coefficient (Wildman–Crippen LogP) is 4.00. The van der Waals surface area contributed by atoms with E-state index >= 15 is 0 Å². The monoisotopic (exact) mass is 227 g/mol. The first-order valence-corrected chi connectivity index (χ1v) is 9.73. The summed E-state index contributed by atoms with van der Waals surface area (Å²) < 4.78 is 0. The summed E-state index contributed by atoms with van der Waals surface area (Å²) in [7, 11) is 1.31. The molecular formula is C13H29NSi. The molecule has 0 aromatic carbocycles. The van der Waals surface area contributed by atoms with Crippen molar-refractivity contribution < 1.29 is 0 Å². The Morgan fingerprint density at radius 1 is 1.20 bits per heavy atom. The molecule has 0 saturated heterocycles. The molecule has 0 aromatic heterocycles. The maximum absolute atomic E-state index is 2.51. The van der Waals surface area contributed by atoms with Crippen LogP contribution in [-0.2, 0) is 0 Å². The Labute approximate surface area is 97.6 Å². The maximum Gasteiger partial charge on any atom is 0.0511 e. The Bertz CT molecular complexity index is 175. The molecule has 1 nitrogen and oxygen atoms in total. The van der Waals surface area contributed by atoms with Gasteiger partial charge in [-0.2, -0.15) is 0 Å². The molecule has 0 saturated carbocycles. The SMILES string of the molecule is CC=CC[Si](C)(C)CCCN(C)CCC. The van der Waals surface area contributed by atoms with Gasteiger partial charge < -0.3 is 4.90 Å². The van der Waals surface area contributed by atoms with E-state index in [1.807, 2.05) is 0 Å². The lowest BCUT2D eigenvalue weighted by molar-refractivity contribution is 0.335. The minimum atomic E-state index is -0.928. The third-order valence-corrected chi connectivity index (χ3v) is 5.95. The van der Waals surface area contributed by atoms with Crippen molar-refractivity contribution in [3.8, 4) is 0 Å². The number of allylic oxidation sites excluding steroid dienone is 2. The fraction of sp³-hybridized carbons (Fsp3) is 0.846. The van der Waals surface area contributed by atoms with Crippen LogP contribution in [-0.4, -0.2) is 33.1 Å². The second-order valence-corrected chi connectivity index (χ2v) is 10.6. The maximum atomic E-state index is 2.51. The first kappa shape index (κ1) is 14.9. The van der Waals surface area contributed by atoms with Crippen molar-refractivity contribution in [1.29, 1.82) is 0 Å². The van der Waals surface area contributed by atoms with Gasteiger partial charge >= 0.3 is 0 Å². The zero-order chi connectivity index (χ0) is 11.7. The van der Waals surface area contributed by atoms with E-state index in [0.717, 1.165) is 0 Å². The summed E-state index contributed by atoms with van der Waals surface area (Å²) in [5.74, 6) is 0. The smallest absolute Gasteiger partial charge is 0.0511 e. The molecule has 0 heterocycles. The molecule has 0 radical (unpaired) electrons. The van der Waals surface area contributed by atoms with Crippen molar-refractivity contribution in [3.63, 3.8) is 0 Å². The summed E-state index contributed by atoms with van der Waals surface area (Å²) in [5.41, 5.74) is 0. The lowest BCUT2D eigenvalue weighted by Gasteiger charge is -2.22. The Morgan fingerprint density at radius 2 is 1.87 bits per heavy atom. The van der Waals surface area contributed by atoms with Crippen LogP contribution < -0.4 is 0 Å². The molecule has 2 heteroatoms. The van der Waals surface area contributed by atoms with Gasteiger partial charge in [0.25, 0.3) is 0 Å². The molecule has 0 fully saturated rings. The second kappa shape index (κ2) is 8.11. The van der Waals surface area contributed by atoms with Gasteiger partial charge in [0, 0.05) is 0 Å². The van der Waals surface area contributed by atoms with Crippen LogP contribution in [0.3, 0.4) is 0 Å². The minimum absolute atomic E-state index is 0.928. The fourth-order valence-electron chi connectivity index (χ4n) is 1.86. The van der Waals surface area contributed by atoms with Gasteiger partial charge in [0.05, 0.1) is 8.07 Å². The lowest BCUT2D eigenvalue weighted by Crippen LogP contribution is -2.27. The van der Waals surface area contributed by atoms with Gasteiger partial charge in [-0.05, 0) is 45.9 Å². The standard InChI is InChI=1S/C13H29NSi/c1-6-8-12-15(4,5)13-9-11-14(3)10-7-2/h6,8H,7,9-13H2,1-5H3. The third kappa shape index (κ3) is 8.88.